The Morgan fingerprint density at radius 3 is 2.53 bits per heavy atom. The first-order valence-electron chi connectivity index (χ1n) is 10.4. The number of rotatable bonds is 9. The minimum Gasteiger partial charge on any atom is -0.452 e. The second-order valence-corrected chi connectivity index (χ2v) is 7.10. The molecule has 0 spiro atoms. The minimum absolute atomic E-state index is 0.340. The lowest BCUT2D eigenvalue weighted by molar-refractivity contribution is -0.119. The summed E-state index contributed by atoms with van der Waals surface area (Å²) >= 11 is 0. The van der Waals surface area contributed by atoms with Gasteiger partial charge in [-0.2, -0.15) is 0 Å². The van der Waals surface area contributed by atoms with Gasteiger partial charge in [-0.25, -0.2) is 4.79 Å². The van der Waals surface area contributed by atoms with Gasteiger partial charge in [0.25, 0.3) is 5.91 Å². The van der Waals surface area contributed by atoms with Crippen molar-refractivity contribution >= 4 is 28.9 Å². The van der Waals surface area contributed by atoms with E-state index in [4.69, 9.17) is 9.47 Å². The number of esters is 1. The largest absolute Gasteiger partial charge is 0.452 e. The predicted molar refractivity (Wildman–Crippen MR) is 118 cm³/mol. The third-order valence-corrected chi connectivity index (χ3v) is 4.85. The van der Waals surface area contributed by atoms with E-state index in [0.29, 0.717) is 11.3 Å². The number of morpholine rings is 1. The number of amides is 1. The molecule has 3 rings (SSSR count). The van der Waals surface area contributed by atoms with Gasteiger partial charge in [-0.15, -0.1) is 0 Å². The van der Waals surface area contributed by atoms with Crippen molar-refractivity contribution < 1.29 is 19.1 Å². The smallest absolute Gasteiger partial charge is 0.340 e. The molecule has 7 heteroatoms. The molecule has 0 saturated carbocycles. The number of benzene rings is 2. The van der Waals surface area contributed by atoms with E-state index in [-0.39, 0.29) is 12.5 Å². The minimum atomic E-state index is -0.521. The second-order valence-electron chi connectivity index (χ2n) is 7.10. The van der Waals surface area contributed by atoms with E-state index < -0.39 is 5.97 Å². The van der Waals surface area contributed by atoms with E-state index in [1.165, 1.54) is 0 Å². The zero-order valence-electron chi connectivity index (χ0n) is 17.4. The van der Waals surface area contributed by atoms with E-state index in [1.54, 1.807) is 12.1 Å². The highest BCUT2D eigenvalue weighted by molar-refractivity contribution is 5.98. The molecule has 1 heterocycles. The summed E-state index contributed by atoms with van der Waals surface area (Å²) in [4.78, 5) is 26.9. The van der Waals surface area contributed by atoms with Crippen molar-refractivity contribution in [1.82, 2.24) is 0 Å². The number of para-hydroxylation sites is 1. The van der Waals surface area contributed by atoms with Crippen molar-refractivity contribution in [3.05, 3.63) is 54.1 Å². The van der Waals surface area contributed by atoms with Crippen LogP contribution < -0.4 is 15.5 Å². The summed E-state index contributed by atoms with van der Waals surface area (Å²) < 4.78 is 10.6. The van der Waals surface area contributed by atoms with E-state index >= 15 is 0 Å². The van der Waals surface area contributed by atoms with Crippen LogP contribution in [0.4, 0.5) is 17.1 Å². The van der Waals surface area contributed by atoms with Crippen molar-refractivity contribution in [2.75, 3.05) is 55.0 Å². The molecular formula is C23H29N3O4. The number of nitrogens with zero attached hydrogens (tertiary/aromatic N) is 1. The molecule has 0 atom stereocenters. The fraction of sp³-hybridized carbons (Fsp3) is 0.391. The van der Waals surface area contributed by atoms with Gasteiger partial charge in [0.1, 0.15) is 0 Å². The molecule has 1 aliphatic heterocycles. The van der Waals surface area contributed by atoms with Crippen molar-refractivity contribution in [2.24, 2.45) is 0 Å². The summed E-state index contributed by atoms with van der Waals surface area (Å²) in [5.41, 5.74) is 2.90. The molecule has 1 saturated heterocycles. The summed E-state index contributed by atoms with van der Waals surface area (Å²) in [6.45, 7) is 5.71. The average molecular weight is 412 g/mol. The Hall–Kier alpha value is -3.06. The summed E-state index contributed by atoms with van der Waals surface area (Å²) in [7, 11) is 0. The molecule has 0 aromatic heterocycles. The van der Waals surface area contributed by atoms with Crippen molar-refractivity contribution in [2.45, 2.75) is 19.8 Å². The Morgan fingerprint density at radius 1 is 1.07 bits per heavy atom. The Kier molecular flexibility index (Phi) is 8.09. The number of carbonyl (C=O) groups is 2. The molecule has 30 heavy (non-hydrogen) atoms. The maximum absolute atomic E-state index is 12.4. The fourth-order valence-electron chi connectivity index (χ4n) is 3.20. The molecule has 2 aromatic rings. The quantitative estimate of drug-likeness (QED) is 0.485. The third kappa shape index (κ3) is 6.22. The molecule has 0 aliphatic carbocycles. The summed E-state index contributed by atoms with van der Waals surface area (Å²) in [6, 6.07) is 14.8. The normalized spacial score (nSPS) is 13.6. The Balaban J connectivity index is 1.49. The van der Waals surface area contributed by atoms with E-state index in [9.17, 15) is 9.59 Å². The highest BCUT2D eigenvalue weighted by Crippen LogP contribution is 2.19. The van der Waals surface area contributed by atoms with Gasteiger partial charge >= 0.3 is 5.97 Å². The lowest BCUT2D eigenvalue weighted by Crippen LogP contribution is -2.36. The summed E-state index contributed by atoms with van der Waals surface area (Å²) in [5.74, 6) is -0.897. The van der Waals surface area contributed by atoms with Crippen molar-refractivity contribution in [3.8, 4) is 0 Å². The molecule has 0 radical (unpaired) electrons. The molecule has 0 bridgehead atoms. The van der Waals surface area contributed by atoms with Crippen LogP contribution in [0.2, 0.25) is 0 Å². The molecule has 1 aliphatic rings. The van der Waals surface area contributed by atoms with Gasteiger partial charge in [0, 0.05) is 36.7 Å². The molecule has 1 amide bonds. The predicted octanol–water partition coefficient (Wildman–Crippen LogP) is 3.53. The number of unbranched alkanes of at least 4 members (excludes halogenated alkanes) is 1. The van der Waals surface area contributed by atoms with Crippen LogP contribution in [0.1, 0.15) is 30.1 Å². The van der Waals surface area contributed by atoms with Crippen LogP contribution >= 0.6 is 0 Å². The third-order valence-electron chi connectivity index (χ3n) is 4.85. The number of carbonyl (C=O) groups excluding carboxylic acids is 2. The van der Waals surface area contributed by atoms with Crippen LogP contribution in [0.15, 0.2) is 48.5 Å². The molecule has 160 valence electrons. The van der Waals surface area contributed by atoms with Crippen LogP contribution in [0.25, 0.3) is 0 Å². The lowest BCUT2D eigenvalue weighted by atomic mass is 10.1. The van der Waals surface area contributed by atoms with Crippen LogP contribution in [0.3, 0.4) is 0 Å². The maximum atomic E-state index is 12.4. The first-order chi connectivity index (χ1) is 14.7. The SMILES string of the molecule is CCCCNc1ccccc1C(=O)OCC(=O)Nc1ccc(N2CCOCC2)cc1. The van der Waals surface area contributed by atoms with Crippen LogP contribution in [-0.2, 0) is 14.3 Å². The number of hydrogen-bond donors (Lipinski definition) is 2. The highest BCUT2D eigenvalue weighted by atomic mass is 16.5. The molecule has 0 unspecified atom stereocenters. The Bertz CT molecular complexity index is 833. The van der Waals surface area contributed by atoms with Gasteiger partial charge < -0.3 is 25.0 Å². The maximum Gasteiger partial charge on any atom is 0.340 e. The zero-order chi connectivity index (χ0) is 21.2. The van der Waals surface area contributed by atoms with Crippen LogP contribution in [0, 0.1) is 0 Å². The molecule has 1 fully saturated rings. The zero-order valence-corrected chi connectivity index (χ0v) is 17.4. The summed E-state index contributed by atoms with van der Waals surface area (Å²) in [6.07, 6.45) is 2.07. The number of anilines is 3. The van der Waals surface area contributed by atoms with Crippen molar-refractivity contribution in [3.63, 3.8) is 0 Å². The lowest BCUT2D eigenvalue weighted by Gasteiger charge is -2.28. The first-order valence-corrected chi connectivity index (χ1v) is 10.4. The summed E-state index contributed by atoms with van der Waals surface area (Å²) in [5, 5.41) is 6.00. The van der Waals surface area contributed by atoms with E-state index in [0.717, 1.165) is 57.1 Å². The van der Waals surface area contributed by atoms with Gasteiger partial charge in [0.05, 0.1) is 18.8 Å². The average Bonchev–Trinajstić information content (AvgIpc) is 2.79. The topological polar surface area (TPSA) is 79.9 Å². The first kappa shape index (κ1) is 21.6. The fourth-order valence-corrected chi connectivity index (χ4v) is 3.20. The van der Waals surface area contributed by atoms with E-state index in [2.05, 4.69) is 22.5 Å². The van der Waals surface area contributed by atoms with Gasteiger partial charge in [-0.05, 0) is 42.8 Å². The van der Waals surface area contributed by atoms with Gasteiger partial charge in [-0.1, -0.05) is 25.5 Å². The molecule has 2 N–H and O–H groups in total. The number of ether oxygens (including phenoxy) is 2. The number of hydrogen-bond acceptors (Lipinski definition) is 6. The van der Waals surface area contributed by atoms with E-state index in [1.807, 2.05) is 36.4 Å². The van der Waals surface area contributed by atoms with Crippen LogP contribution in [-0.4, -0.2) is 51.3 Å². The molecular weight excluding hydrogens is 382 g/mol. The Labute approximate surface area is 177 Å². The highest BCUT2D eigenvalue weighted by Gasteiger charge is 2.15. The van der Waals surface area contributed by atoms with Crippen LogP contribution in [0.5, 0.6) is 0 Å². The molecule has 2 aromatic carbocycles. The standard InChI is InChI=1S/C23H29N3O4/c1-2-3-12-24-21-7-5-4-6-20(21)23(28)30-17-22(27)25-18-8-10-19(11-9-18)26-13-15-29-16-14-26/h4-11,24H,2-3,12-17H2,1H3,(H,25,27). The van der Waals surface area contributed by atoms with Gasteiger partial charge in [0.15, 0.2) is 6.61 Å². The second kappa shape index (κ2) is 11.2. The molecule has 7 nitrogen and oxygen atoms in total. The van der Waals surface area contributed by atoms with Crippen molar-refractivity contribution in [1.29, 1.82) is 0 Å². The van der Waals surface area contributed by atoms with Gasteiger partial charge in [0.2, 0.25) is 0 Å². The Morgan fingerprint density at radius 2 is 1.80 bits per heavy atom. The van der Waals surface area contributed by atoms with Gasteiger partial charge in [-0.3, -0.25) is 4.79 Å². The monoisotopic (exact) mass is 411 g/mol. The number of nitrogens with one attached hydrogen (secondary N) is 2.